The molecule has 2 aliphatic rings. The first-order chi connectivity index (χ1) is 12.3. The number of nitrogens with zero attached hydrogens (tertiary/aromatic N) is 2. The van der Waals surface area contributed by atoms with Crippen molar-refractivity contribution in [1.29, 1.82) is 0 Å². The van der Waals surface area contributed by atoms with Crippen molar-refractivity contribution >= 4 is 11.8 Å². The molecule has 1 atom stereocenters. The molecule has 0 unspecified atom stereocenters. The van der Waals surface area contributed by atoms with Gasteiger partial charge in [0.1, 0.15) is 0 Å². The summed E-state index contributed by atoms with van der Waals surface area (Å²) in [5.41, 5.74) is -0.167. The van der Waals surface area contributed by atoms with Crippen molar-refractivity contribution in [3.8, 4) is 0 Å². The van der Waals surface area contributed by atoms with Gasteiger partial charge in [-0.3, -0.25) is 9.59 Å². The van der Waals surface area contributed by atoms with Gasteiger partial charge in [-0.2, -0.15) is 13.2 Å². The molecule has 2 saturated heterocycles. The number of halogens is 3. The molecule has 2 aliphatic heterocycles. The van der Waals surface area contributed by atoms with Crippen LogP contribution in [0.5, 0.6) is 0 Å². The predicted molar refractivity (Wildman–Crippen MR) is 87.3 cm³/mol. The zero-order valence-corrected chi connectivity index (χ0v) is 14.3. The first kappa shape index (κ1) is 18.7. The lowest BCUT2D eigenvalue weighted by molar-refractivity contribution is -0.143. The minimum Gasteiger partial charge on any atom is -0.374 e. The molecule has 2 amide bonds. The van der Waals surface area contributed by atoms with E-state index in [2.05, 4.69) is 0 Å². The van der Waals surface area contributed by atoms with Gasteiger partial charge in [-0.1, -0.05) is 18.2 Å². The number of hydrogen-bond donors (Lipinski definition) is 0. The number of benzene rings is 1. The molecule has 8 heteroatoms. The Labute approximate surface area is 149 Å². The van der Waals surface area contributed by atoms with Crippen LogP contribution in [0.2, 0.25) is 0 Å². The van der Waals surface area contributed by atoms with Crippen LogP contribution in [0.25, 0.3) is 0 Å². The van der Waals surface area contributed by atoms with Gasteiger partial charge < -0.3 is 14.5 Å². The summed E-state index contributed by atoms with van der Waals surface area (Å²) in [5, 5.41) is 0. The van der Waals surface area contributed by atoms with E-state index in [9.17, 15) is 22.8 Å². The molecular formula is C18H21F3N2O3. The Kier molecular flexibility index (Phi) is 5.50. The van der Waals surface area contributed by atoms with Gasteiger partial charge >= 0.3 is 6.18 Å². The Morgan fingerprint density at radius 2 is 2.08 bits per heavy atom. The number of morpholine rings is 1. The number of likely N-dealkylation sites (tertiary alicyclic amines) is 1. The first-order valence-corrected chi connectivity index (χ1v) is 8.66. The number of carbonyl (C=O) groups is 2. The normalized spacial score (nSPS) is 21.3. The molecular weight excluding hydrogens is 349 g/mol. The second kappa shape index (κ2) is 7.65. The van der Waals surface area contributed by atoms with Crippen LogP contribution >= 0.6 is 0 Å². The zero-order valence-electron chi connectivity index (χ0n) is 14.3. The van der Waals surface area contributed by atoms with E-state index in [1.54, 1.807) is 15.9 Å². The average molecular weight is 370 g/mol. The summed E-state index contributed by atoms with van der Waals surface area (Å²) in [6.45, 7) is 1.75. The van der Waals surface area contributed by atoms with E-state index in [1.165, 1.54) is 6.07 Å². The average Bonchev–Trinajstić information content (AvgIpc) is 2.99. The van der Waals surface area contributed by atoms with Gasteiger partial charge in [0.25, 0.3) is 0 Å². The summed E-state index contributed by atoms with van der Waals surface area (Å²) in [6.07, 6.45) is -3.18. The van der Waals surface area contributed by atoms with E-state index in [0.29, 0.717) is 44.6 Å². The number of amides is 2. The summed E-state index contributed by atoms with van der Waals surface area (Å²) < 4.78 is 44.1. The van der Waals surface area contributed by atoms with E-state index >= 15 is 0 Å². The van der Waals surface area contributed by atoms with Crippen LogP contribution in [0.4, 0.5) is 13.2 Å². The molecule has 0 aromatic heterocycles. The van der Waals surface area contributed by atoms with Gasteiger partial charge in [-0.05, 0) is 18.1 Å². The van der Waals surface area contributed by atoms with Gasteiger partial charge in [-0.15, -0.1) is 0 Å². The highest BCUT2D eigenvalue weighted by atomic mass is 19.4. The Bertz CT molecular complexity index is 678. The third-order valence-electron chi connectivity index (χ3n) is 4.71. The third kappa shape index (κ3) is 4.55. The summed E-state index contributed by atoms with van der Waals surface area (Å²) in [6, 6.07) is 5.16. The number of ether oxygens (including phenoxy) is 1. The highest BCUT2D eigenvalue weighted by molar-refractivity contribution is 5.85. The van der Waals surface area contributed by atoms with Crippen molar-refractivity contribution in [2.45, 2.75) is 31.5 Å². The molecule has 5 nitrogen and oxygen atoms in total. The third-order valence-corrected chi connectivity index (χ3v) is 4.71. The van der Waals surface area contributed by atoms with Crippen LogP contribution in [0.3, 0.4) is 0 Å². The van der Waals surface area contributed by atoms with Crippen molar-refractivity contribution in [2.75, 3.05) is 32.8 Å². The Balaban J connectivity index is 1.58. The minimum absolute atomic E-state index is 0.00729. The molecule has 1 aromatic rings. The molecule has 3 rings (SSSR count). The molecule has 2 heterocycles. The molecule has 26 heavy (non-hydrogen) atoms. The van der Waals surface area contributed by atoms with Crippen LogP contribution in [-0.2, 0) is 26.9 Å². The molecule has 0 N–H and O–H groups in total. The maximum absolute atomic E-state index is 12.8. The lowest BCUT2D eigenvalue weighted by Crippen LogP contribution is -2.49. The highest BCUT2D eigenvalue weighted by Gasteiger charge is 2.31. The van der Waals surface area contributed by atoms with Crippen molar-refractivity contribution in [3.63, 3.8) is 0 Å². The van der Waals surface area contributed by atoms with E-state index in [4.69, 9.17) is 4.74 Å². The van der Waals surface area contributed by atoms with E-state index in [-0.39, 0.29) is 24.5 Å². The minimum atomic E-state index is -4.38. The van der Waals surface area contributed by atoms with Gasteiger partial charge in [0, 0.05) is 32.5 Å². The molecule has 0 radical (unpaired) electrons. The molecule has 0 aliphatic carbocycles. The van der Waals surface area contributed by atoms with E-state index in [0.717, 1.165) is 18.6 Å². The molecule has 0 saturated carbocycles. The molecule has 0 bridgehead atoms. The summed E-state index contributed by atoms with van der Waals surface area (Å²) in [4.78, 5) is 27.2. The second-order valence-electron chi connectivity index (χ2n) is 6.65. The van der Waals surface area contributed by atoms with Crippen molar-refractivity contribution in [2.24, 2.45) is 0 Å². The van der Waals surface area contributed by atoms with Crippen LogP contribution in [-0.4, -0.2) is 60.5 Å². The summed E-state index contributed by atoms with van der Waals surface area (Å²) in [7, 11) is 0. The topological polar surface area (TPSA) is 49.9 Å². The summed E-state index contributed by atoms with van der Waals surface area (Å²) >= 11 is 0. The van der Waals surface area contributed by atoms with Crippen LogP contribution in [0.15, 0.2) is 24.3 Å². The summed E-state index contributed by atoms with van der Waals surface area (Å²) in [5.74, 6) is -0.148. The standard InChI is InChI=1S/C18H21F3N2O3/c19-18(20,21)14-4-1-3-13(9-14)10-15-11-23(7-8-26-15)17(25)12-22-6-2-5-16(22)24/h1,3-4,9,15H,2,5-8,10-12H2/t15-/m0/s1. The van der Waals surface area contributed by atoms with Gasteiger partial charge in [0.15, 0.2) is 0 Å². The fourth-order valence-electron chi connectivity index (χ4n) is 3.34. The molecule has 0 spiro atoms. The predicted octanol–water partition coefficient (Wildman–Crippen LogP) is 2.10. The highest BCUT2D eigenvalue weighted by Crippen LogP contribution is 2.30. The lowest BCUT2D eigenvalue weighted by Gasteiger charge is -2.34. The number of hydrogen-bond acceptors (Lipinski definition) is 3. The van der Waals surface area contributed by atoms with Crippen molar-refractivity contribution < 1.29 is 27.5 Å². The SMILES string of the molecule is O=C1CCCN1CC(=O)N1CCO[C@@H](Cc2cccc(C(F)(F)F)c2)C1. The molecule has 1 aromatic carbocycles. The maximum Gasteiger partial charge on any atom is 0.416 e. The zero-order chi connectivity index (χ0) is 18.7. The lowest BCUT2D eigenvalue weighted by atomic mass is 10.0. The van der Waals surface area contributed by atoms with Gasteiger partial charge in [0.05, 0.1) is 24.8 Å². The van der Waals surface area contributed by atoms with Crippen LogP contribution in [0.1, 0.15) is 24.0 Å². The van der Waals surface area contributed by atoms with Gasteiger partial charge in [-0.25, -0.2) is 0 Å². The smallest absolute Gasteiger partial charge is 0.374 e. The van der Waals surface area contributed by atoms with E-state index < -0.39 is 11.7 Å². The van der Waals surface area contributed by atoms with Crippen LogP contribution < -0.4 is 0 Å². The number of alkyl halides is 3. The monoisotopic (exact) mass is 370 g/mol. The fourth-order valence-corrected chi connectivity index (χ4v) is 3.34. The second-order valence-corrected chi connectivity index (χ2v) is 6.65. The first-order valence-electron chi connectivity index (χ1n) is 8.66. The Morgan fingerprint density at radius 1 is 1.27 bits per heavy atom. The van der Waals surface area contributed by atoms with Crippen LogP contribution in [0, 0.1) is 0 Å². The number of rotatable bonds is 4. The molecule has 142 valence electrons. The van der Waals surface area contributed by atoms with Crippen molar-refractivity contribution in [1.82, 2.24) is 9.80 Å². The quantitative estimate of drug-likeness (QED) is 0.816. The van der Waals surface area contributed by atoms with E-state index in [1.807, 2.05) is 0 Å². The Hall–Kier alpha value is -2.09. The van der Waals surface area contributed by atoms with Gasteiger partial charge in [0.2, 0.25) is 11.8 Å². The largest absolute Gasteiger partial charge is 0.416 e. The van der Waals surface area contributed by atoms with Crippen molar-refractivity contribution in [3.05, 3.63) is 35.4 Å². The fraction of sp³-hybridized carbons (Fsp3) is 0.556. The molecule has 2 fully saturated rings. The number of carbonyl (C=O) groups excluding carboxylic acids is 2. The Morgan fingerprint density at radius 3 is 2.77 bits per heavy atom. The maximum atomic E-state index is 12.8.